The summed E-state index contributed by atoms with van der Waals surface area (Å²) in [6, 6.07) is 0.0907. The van der Waals surface area contributed by atoms with Crippen LogP contribution in [0.15, 0.2) is 4.79 Å². The van der Waals surface area contributed by atoms with Gasteiger partial charge in [0.05, 0.1) is 11.6 Å². The molecule has 6 nitrogen and oxygen atoms in total. The van der Waals surface area contributed by atoms with Crippen molar-refractivity contribution >= 4 is 5.82 Å². The molecule has 1 aliphatic rings. The zero-order valence-corrected chi connectivity index (χ0v) is 11.0. The maximum absolute atomic E-state index is 11.9. The summed E-state index contributed by atoms with van der Waals surface area (Å²) < 4.78 is 0. The van der Waals surface area contributed by atoms with Crippen LogP contribution >= 0.6 is 0 Å². The minimum atomic E-state index is -0.109. The molecule has 0 saturated carbocycles. The zero-order chi connectivity index (χ0) is 13.1. The van der Waals surface area contributed by atoms with Gasteiger partial charge in [0.2, 0.25) is 0 Å². The van der Waals surface area contributed by atoms with Crippen LogP contribution in [0.2, 0.25) is 0 Å². The first-order valence-corrected chi connectivity index (χ1v) is 6.46. The van der Waals surface area contributed by atoms with E-state index in [0.717, 1.165) is 26.2 Å². The Balaban J connectivity index is 2.25. The Morgan fingerprint density at radius 3 is 2.67 bits per heavy atom. The van der Waals surface area contributed by atoms with Gasteiger partial charge in [-0.25, -0.2) is 4.98 Å². The molecule has 2 rings (SSSR count). The monoisotopic (exact) mass is 251 g/mol. The third kappa shape index (κ3) is 2.54. The summed E-state index contributed by atoms with van der Waals surface area (Å²) in [5, 5.41) is 3.30. The van der Waals surface area contributed by atoms with Gasteiger partial charge in [0, 0.05) is 26.2 Å². The van der Waals surface area contributed by atoms with Gasteiger partial charge < -0.3 is 16.0 Å². The highest BCUT2D eigenvalue weighted by atomic mass is 16.1. The van der Waals surface area contributed by atoms with Crippen molar-refractivity contribution in [1.29, 1.82) is 0 Å². The van der Waals surface area contributed by atoms with Crippen LogP contribution in [0.1, 0.15) is 31.3 Å². The highest BCUT2D eigenvalue weighted by Gasteiger charge is 2.20. The van der Waals surface area contributed by atoms with Gasteiger partial charge in [-0.05, 0) is 13.3 Å². The molecule has 1 aromatic heterocycles. The molecule has 1 fully saturated rings. The van der Waals surface area contributed by atoms with E-state index >= 15 is 0 Å². The molecule has 4 N–H and O–H groups in total. The number of nitrogens with zero attached hydrogens (tertiary/aromatic N) is 2. The fourth-order valence-electron chi connectivity index (χ4n) is 2.32. The molecule has 1 aliphatic heterocycles. The second-order valence-corrected chi connectivity index (χ2v) is 4.63. The van der Waals surface area contributed by atoms with E-state index < -0.39 is 0 Å². The van der Waals surface area contributed by atoms with Crippen LogP contribution in [0.4, 0.5) is 5.82 Å². The van der Waals surface area contributed by atoms with Crippen molar-refractivity contribution in [2.75, 3.05) is 31.9 Å². The molecule has 0 aromatic carbocycles. The molecule has 0 spiro atoms. The van der Waals surface area contributed by atoms with Gasteiger partial charge >= 0.3 is 0 Å². The first-order valence-electron chi connectivity index (χ1n) is 6.46. The molecule has 1 aromatic rings. The zero-order valence-electron chi connectivity index (χ0n) is 11.0. The van der Waals surface area contributed by atoms with Crippen LogP contribution in [0.5, 0.6) is 0 Å². The standard InChI is InChI=1S/C12H21N5O/c1-3-9-10(13)15-11(16-12(9)18)8(2)17-6-4-14-5-7-17/h8,14H,3-7H2,1-2H3,(H3,13,15,16,18). The van der Waals surface area contributed by atoms with Gasteiger partial charge in [-0.1, -0.05) is 6.92 Å². The van der Waals surface area contributed by atoms with Crippen molar-refractivity contribution in [3.05, 3.63) is 21.7 Å². The SMILES string of the molecule is CCc1c(N)nc(C(C)N2CCNCC2)[nH]c1=O. The quantitative estimate of drug-likeness (QED) is 0.697. The molecule has 2 heterocycles. The Hall–Kier alpha value is -1.40. The lowest BCUT2D eigenvalue weighted by Gasteiger charge is -2.32. The van der Waals surface area contributed by atoms with Gasteiger partial charge in [-0.3, -0.25) is 9.69 Å². The third-order valence-electron chi connectivity index (χ3n) is 3.51. The summed E-state index contributed by atoms with van der Waals surface area (Å²) in [4.78, 5) is 21.4. The van der Waals surface area contributed by atoms with Crippen LogP contribution in [-0.2, 0) is 6.42 Å². The summed E-state index contributed by atoms with van der Waals surface area (Å²) in [6.45, 7) is 7.81. The molecule has 18 heavy (non-hydrogen) atoms. The number of H-pyrrole nitrogens is 1. The van der Waals surface area contributed by atoms with E-state index in [1.807, 2.05) is 6.92 Å². The molecule has 0 radical (unpaired) electrons. The normalized spacial score (nSPS) is 18.8. The molecule has 6 heteroatoms. The number of hydrogen-bond donors (Lipinski definition) is 3. The fraction of sp³-hybridized carbons (Fsp3) is 0.667. The number of rotatable bonds is 3. The summed E-state index contributed by atoms with van der Waals surface area (Å²) in [7, 11) is 0. The second kappa shape index (κ2) is 5.49. The molecule has 1 atom stereocenters. The van der Waals surface area contributed by atoms with Crippen LogP contribution in [0, 0.1) is 0 Å². The minimum absolute atomic E-state index is 0.0907. The molecule has 0 amide bonds. The van der Waals surface area contributed by atoms with E-state index in [0.29, 0.717) is 23.6 Å². The van der Waals surface area contributed by atoms with E-state index in [4.69, 9.17) is 5.73 Å². The van der Waals surface area contributed by atoms with Gasteiger partial charge in [0.15, 0.2) is 0 Å². The average molecular weight is 251 g/mol. The number of nitrogens with one attached hydrogen (secondary N) is 2. The number of nitrogens with two attached hydrogens (primary N) is 1. The highest BCUT2D eigenvalue weighted by Crippen LogP contribution is 2.17. The topological polar surface area (TPSA) is 87.0 Å². The smallest absolute Gasteiger partial charge is 0.256 e. The van der Waals surface area contributed by atoms with Crippen molar-refractivity contribution < 1.29 is 0 Å². The predicted molar refractivity (Wildman–Crippen MR) is 71.5 cm³/mol. The van der Waals surface area contributed by atoms with E-state index in [1.165, 1.54) is 0 Å². The Kier molecular flexibility index (Phi) is 3.98. The number of aromatic nitrogens is 2. The predicted octanol–water partition coefficient (Wildman–Crippen LogP) is -0.119. The number of nitrogen functional groups attached to an aromatic ring is 1. The van der Waals surface area contributed by atoms with Crippen LogP contribution in [0.3, 0.4) is 0 Å². The lowest BCUT2D eigenvalue weighted by molar-refractivity contribution is 0.179. The molecule has 0 aliphatic carbocycles. The van der Waals surface area contributed by atoms with Crippen LogP contribution in [-0.4, -0.2) is 41.0 Å². The second-order valence-electron chi connectivity index (χ2n) is 4.63. The molecular weight excluding hydrogens is 230 g/mol. The van der Waals surface area contributed by atoms with Crippen molar-refractivity contribution in [2.45, 2.75) is 26.3 Å². The van der Waals surface area contributed by atoms with Gasteiger partial charge in [-0.15, -0.1) is 0 Å². The first kappa shape index (κ1) is 13.0. The Morgan fingerprint density at radius 2 is 2.11 bits per heavy atom. The molecule has 0 bridgehead atoms. The summed E-state index contributed by atoms with van der Waals surface area (Å²) >= 11 is 0. The number of piperazine rings is 1. The van der Waals surface area contributed by atoms with Crippen molar-refractivity contribution in [3.8, 4) is 0 Å². The van der Waals surface area contributed by atoms with Crippen LogP contribution in [0.25, 0.3) is 0 Å². The van der Waals surface area contributed by atoms with Crippen molar-refractivity contribution in [1.82, 2.24) is 20.2 Å². The largest absolute Gasteiger partial charge is 0.383 e. The van der Waals surface area contributed by atoms with Gasteiger partial charge in [0.25, 0.3) is 5.56 Å². The lowest BCUT2D eigenvalue weighted by atomic mass is 10.2. The number of anilines is 1. The fourth-order valence-corrected chi connectivity index (χ4v) is 2.32. The summed E-state index contributed by atoms with van der Waals surface area (Å²) in [5.74, 6) is 1.02. The van der Waals surface area contributed by atoms with Gasteiger partial charge in [0.1, 0.15) is 11.6 Å². The van der Waals surface area contributed by atoms with Crippen LogP contribution < -0.4 is 16.6 Å². The molecule has 1 unspecified atom stereocenters. The first-order chi connectivity index (χ1) is 8.63. The van der Waals surface area contributed by atoms with Crippen molar-refractivity contribution in [3.63, 3.8) is 0 Å². The third-order valence-corrected chi connectivity index (χ3v) is 3.51. The number of hydrogen-bond acceptors (Lipinski definition) is 5. The van der Waals surface area contributed by atoms with E-state index in [2.05, 4.69) is 27.1 Å². The maximum atomic E-state index is 11.9. The van der Waals surface area contributed by atoms with E-state index in [-0.39, 0.29) is 11.6 Å². The summed E-state index contributed by atoms with van der Waals surface area (Å²) in [5.41, 5.74) is 6.30. The summed E-state index contributed by atoms with van der Waals surface area (Å²) in [6.07, 6.45) is 0.608. The van der Waals surface area contributed by atoms with Crippen molar-refractivity contribution in [2.24, 2.45) is 0 Å². The van der Waals surface area contributed by atoms with E-state index in [9.17, 15) is 4.79 Å². The molecule has 100 valence electrons. The molecular formula is C12H21N5O. The minimum Gasteiger partial charge on any atom is -0.383 e. The Labute approximate surface area is 107 Å². The number of aromatic amines is 1. The highest BCUT2D eigenvalue weighted by molar-refractivity contribution is 5.37. The Bertz CT molecular complexity index is 464. The Morgan fingerprint density at radius 1 is 1.44 bits per heavy atom. The lowest BCUT2D eigenvalue weighted by Crippen LogP contribution is -2.45. The van der Waals surface area contributed by atoms with E-state index in [1.54, 1.807) is 0 Å². The average Bonchev–Trinajstić information content (AvgIpc) is 2.38. The molecule has 1 saturated heterocycles. The maximum Gasteiger partial charge on any atom is 0.256 e. The van der Waals surface area contributed by atoms with Gasteiger partial charge in [-0.2, -0.15) is 0 Å².